The molecule has 0 aromatic carbocycles. The maximum absolute atomic E-state index is 12.1. The normalized spacial score (nSPS) is 17.9. The van der Waals surface area contributed by atoms with Gasteiger partial charge in [0.25, 0.3) is 0 Å². The molecule has 0 amide bonds. The smallest absolute Gasteiger partial charge is 0.219 e. The first kappa shape index (κ1) is 13.0. The maximum atomic E-state index is 12.1. The molecule has 1 aliphatic rings. The van der Waals surface area contributed by atoms with Crippen molar-refractivity contribution in [2.75, 3.05) is 13.1 Å². The Hall–Kier alpha value is -1.41. The first-order valence-corrected chi connectivity index (χ1v) is 7.22. The molecule has 1 N–H and O–H groups in total. The zero-order chi connectivity index (χ0) is 13.2. The van der Waals surface area contributed by atoms with E-state index in [-0.39, 0.29) is 5.75 Å². The van der Waals surface area contributed by atoms with E-state index >= 15 is 0 Å². The predicted molar refractivity (Wildman–Crippen MR) is 63.9 cm³/mol. The molecule has 18 heavy (non-hydrogen) atoms. The number of rotatable bonds is 3. The summed E-state index contributed by atoms with van der Waals surface area (Å²) in [7, 11) is -3.38. The van der Waals surface area contributed by atoms with Crippen LogP contribution in [0.5, 0.6) is 0 Å². The van der Waals surface area contributed by atoms with E-state index in [0.717, 1.165) is 0 Å². The van der Waals surface area contributed by atoms with Crippen LogP contribution in [0.1, 0.15) is 24.3 Å². The monoisotopic (exact) mass is 273 g/mol. The van der Waals surface area contributed by atoms with Crippen LogP contribution < -0.4 is 0 Å². The summed E-state index contributed by atoms with van der Waals surface area (Å²) in [6.45, 7) is 2.41. The van der Waals surface area contributed by atoms with Crippen LogP contribution in [0.15, 0.2) is 15.7 Å². The number of aryl methyl sites for hydroxylation is 1. The Labute approximate surface area is 105 Å². The summed E-state index contributed by atoms with van der Waals surface area (Å²) in [5.41, 5.74) is 1.05. The van der Waals surface area contributed by atoms with Crippen molar-refractivity contribution in [2.45, 2.75) is 25.5 Å². The van der Waals surface area contributed by atoms with Crippen LogP contribution in [-0.4, -0.2) is 41.9 Å². The SMILES string of the molecule is Cc1cc(CS(=O)(=O)N2CCC(=NO)CC2)no1. The lowest BCUT2D eigenvalue weighted by Crippen LogP contribution is -2.39. The molecule has 0 saturated carbocycles. The van der Waals surface area contributed by atoms with Crippen molar-refractivity contribution in [2.24, 2.45) is 5.16 Å². The van der Waals surface area contributed by atoms with Gasteiger partial charge < -0.3 is 9.73 Å². The third-order valence-electron chi connectivity index (χ3n) is 2.84. The molecule has 7 nitrogen and oxygen atoms in total. The van der Waals surface area contributed by atoms with Gasteiger partial charge in [0.1, 0.15) is 17.2 Å². The molecule has 2 rings (SSSR count). The zero-order valence-electron chi connectivity index (χ0n) is 10.0. The van der Waals surface area contributed by atoms with Gasteiger partial charge in [0.2, 0.25) is 10.0 Å². The Morgan fingerprint density at radius 2 is 2.17 bits per heavy atom. The average Bonchev–Trinajstić information content (AvgIpc) is 2.74. The largest absolute Gasteiger partial charge is 0.411 e. The summed E-state index contributed by atoms with van der Waals surface area (Å²) in [6, 6.07) is 1.61. The van der Waals surface area contributed by atoms with Gasteiger partial charge in [-0.2, -0.15) is 0 Å². The molecule has 1 saturated heterocycles. The van der Waals surface area contributed by atoms with Gasteiger partial charge in [0.05, 0.1) is 5.71 Å². The van der Waals surface area contributed by atoms with Crippen LogP contribution in [-0.2, 0) is 15.8 Å². The Morgan fingerprint density at radius 1 is 1.50 bits per heavy atom. The van der Waals surface area contributed by atoms with Crippen LogP contribution in [0, 0.1) is 6.92 Å². The molecule has 1 aromatic heterocycles. The highest BCUT2D eigenvalue weighted by atomic mass is 32.2. The third-order valence-corrected chi connectivity index (χ3v) is 4.65. The summed E-state index contributed by atoms with van der Waals surface area (Å²) >= 11 is 0. The van der Waals surface area contributed by atoms with E-state index in [1.807, 2.05) is 0 Å². The Morgan fingerprint density at radius 3 is 2.67 bits per heavy atom. The van der Waals surface area contributed by atoms with Crippen LogP contribution >= 0.6 is 0 Å². The van der Waals surface area contributed by atoms with Crippen LogP contribution in [0.2, 0.25) is 0 Å². The number of nitrogens with zero attached hydrogens (tertiary/aromatic N) is 3. The fourth-order valence-corrected chi connectivity index (χ4v) is 3.32. The molecule has 0 spiro atoms. The van der Waals surface area contributed by atoms with Crippen molar-refractivity contribution in [1.29, 1.82) is 0 Å². The lowest BCUT2D eigenvalue weighted by Gasteiger charge is -2.25. The van der Waals surface area contributed by atoms with Crippen molar-refractivity contribution in [3.8, 4) is 0 Å². The number of hydrogen-bond donors (Lipinski definition) is 1. The molecule has 0 bridgehead atoms. The average molecular weight is 273 g/mol. The Kier molecular flexibility index (Phi) is 3.67. The topological polar surface area (TPSA) is 96.0 Å². The van der Waals surface area contributed by atoms with E-state index in [9.17, 15) is 8.42 Å². The van der Waals surface area contributed by atoms with Gasteiger partial charge in [0, 0.05) is 32.0 Å². The maximum Gasteiger partial charge on any atom is 0.219 e. The van der Waals surface area contributed by atoms with Crippen LogP contribution in [0.25, 0.3) is 0 Å². The molecule has 0 radical (unpaired) electrons. The summed E-state index contributed by atoms with van der Waals surface area (Å²) in [5.74, 6) is 0.434. The molecule has 100 valence electrons. The lowest BCUT2D eigenvalue weighted by molar-refractivity contribution is 0.309. The van der Waals surface area contributed by atoms with Gasteiger partial charge in [-0.3, -0.25) is 0 Å². The molecule has 1 aromatic rings. The molecule has 0 aliphatic carbocycles. The van der Waals surface area contributed by atoms with Gasteiger partial charge in [-0.15, -0.1) is 0 Å². The van der Waals surface area contributed by atoms with Crippen LogP contribution in [0.3, 0.4) is 0 Å². The molecule has 8 heteroatoms. The van der Waals surface area contributed by atoms with E-state index in [1.165, 1.54) is 4.31 Å². The Bertz CT molecular complexity index is 539. The molecular weight excluding hydrogens is 258 g/mol. The minimum atomic E-state index is -3.38. The summed E-state index contributed by atoms with van der Waals surface area (Å²) in [5, 5.41) is 15.4. The van der Waals surface area contributed by atoms with E-state index in [1.54, 1.807) is 13.0 Å². The molecule has 2 heterocycles. The molecule has 0 atom stereocenters. The molecule has 1 fully saturated rings. The zero-order valence-corrected chi connectivity index (χ0v) is 10.9. The van der Waals surface area contributed by atoms with Crippen molar-refractivity contribution in [1.82, 2.24) is 9.46 Å². The number of sulfonamides is 1. The molecular formula is C10H15N3O4S. The van der Waals surface area contributed by atoms with Gasteiger partial charge in [-0.05, 0) is 6.92 Å². The summed E-state index contributed by atoms with van der Waals surface area (Å²) in [4.78, 5) is 0. The van der Waals surface area contributed by atoms with E-state index in [0.29, 0.717) is 43.1 Å². The highest BCUT2D eigenvalue weighted by molar-refractivity contribution is 7.88. The van der Waals surface area contributed by atoms with Crippen molar-refractivity contribution in [3.63, 3.8) is 0 Å². The van der Waals surface area contributed by atoms with Crippen molar-refractivity contribution >= 4 is 15.7 Å². The quantitative estimate of drug-likeness (QED) is 0.647. The van der Waals surface area contributed by atoms with E-state index in [2.05, 4.69) is 10.3 Å². The Balaban J connectivity index is 2.03. The fraction of sp³-hybridized carbons (Fsp3) is 0.600. The number of oxime groups is 1. The second-order valence-corrected chi connectivity index (χ2v) is 6.22. The van der Waals surface area contributed by atoms with Crippen molar-refractivity contribution in [3.05, 3.63) is 17.5 Å². The molecule has 1 aliphatic heterocycles. The van der Waals surface area contributed by atoms with Gasteiger partial charge in [-0.25, -0.2) is 12.7 Å². The predicted octanol–water partition coefficient (Wildman–Crippen LogP) is 0.739. The number of aromatic nitrogens is 1. The van der Waals surface area contributed by atoms with Crippen LogP contribution in [0.4, 0.5) is 0 Å². The highest BCUT2D eigenvalue weighted by Crippen LogP contribution is 2.16. The first-order valence-electron chi connectivity index (χ1n) is 5.61. The van der Waals surface area contributed by atoms with Gasteiger partial charge in [0.15, 0.2) is 0 Å². The summed E-state index contributed by atoms with van der Waals surface area (Å²) in [6.07, 6.45) is 0.932. The third kappa shape index (κ3) is 2.88. The van der Waals surface area contributed by atoms with Gasteiger partial charge in [-0.1, -0.05) is 10.3 Å². The van der Waals surface area contributed by atoms with E-state index < -0.39 is 10.0 Å². The standard InChI is InChI=1S/C10H15N3O4S/c1-8-6-10(12-17-8)7-18(15,16)13-4-2-9(11-14)3-5-13/h6,14H,2-5,7H2,1H3. The second-order valence-electron chi connectivity index (χ2n) is 4.25. The minimum Gasteiger partial charge on any atom is -0.411 e. The number of piperidine rings is 1. The highest BCUT2D eigenvalue weighted by Gasteiger charge is 2.27. The van der Waals surface area contributed by atoms with E-state index in [4.69, 9.17) is 9.73 Å². The lowest BCUT2D eigenvalue weighted by atomic mass is 10.1. The fourth-order valence-electron chi connectivity index (χ4n) is 1.89. The van der Waals surface area contributed by atoms with Crippen molar-refractivity contribution < 1.29 is 18.1 Å². The molecule has 0 unspecified atom stereocenters. The minimum absolute atomic E-state index is 0.157. The number of hydrogen-bond acceptors (Lipinski definition) is 6. The second kappa shape index (κ2) is 5.07. The van der Waals surface area contributed by atoms with Gasteiger partial charge >= 0.3 is 0 Å². The first-order chi connectivity index (χ1) is 8.51. The summed E-state index contributed by atoms with van der Waals surface area (Å²) < 4.78 is 30.4.